The molecule has 0 unspecified atom stereocenters. The molecule has 0 spiro atoms. The van der Waals surface area contributed by atoms with Gasteiger partial charge in [0.15, 0.2) is 0 Å². The summed E-state index contributed by atoms with van der Waals surface area (Å²) >= 11 is 0. The first kappa shape index (κ1) is 19.1. The standard InChI is InChI=1S/C9H13N3O3S.C2H6.CH2O2/c1-7-9(8-4-11(5-8)6-13)2-3-12(7)16(10,14)15;1-2;2-1-3/h2-3,6,8H,4-5H2,1H3,(H2,10,14,15);1-2H3;1H,(H,2,3). The van der Waals surface area contributed by atoms with Crippen LogP contribution < -0.4 is 5.14 Å². The molecule has 8 nitrogen and oxygen atoms in total. The van der Waals surface area contributed by atoms with Crippen LogP contribution in [0.5, 0.6) is 0 Å². The van der Waals surface area contributed by atoms with E-state index in [-0.39, 0.29) is 12.4 Å². The van der Waals surface area contributed by atoms with E-state index >= 15 is 0 Å². The Morgan fingerprint density at radius 3 is 2.14 bits per heavy atom. The molecular formula is C12H21N3O5S. The number of likely N-dealkylation sites (tertiary alicyclic amines) is 1. The van der Waals surface area contributed by atoms with Crippen LogP contribution in [0.3, 0.4) is 0 Å². The molecule has 21 heavy (non-hydrogen) atoms. The molecule has 0 bridgehead atoms. The van der Waals surface area contributed by atoms with Crippen LogP contribution in [-0.4, -0.2) is 48.4 Å². The number of amides is 1. The Balaban J connectivity index is 0.000000713. The molecule has 0 saturated carbocycles. The monoisotopic (exact) mass is 319 g/mol. The van der Waals surface area contributed by atoms with Crippen LogP contribution in [0, 0.1) is 6.92 Å². The van der Waals surface area contributed by atoms with Crippen molar-refractivity contribution in [1.29, 1.82) is 0 Å². The predicted octanol–water partition coefficient (Wildman–Crippen LogP) is 0.131. The number of carboxylic acid groups (broad SMARTS) is 1. The lowest BCUT2D eigenvalue weighted by Crippen LogP contribution is -2.43. The maximum absolute atomic E-state index is 11.2. The largest absolute Gasteiger partial charge is 0.483 e. The van der Waals surface area contributed by atoms with Crippen molar-refractivity contribution < 1.29 is 23.1 Å². The van der Waals surface area contributed by atoms with Gasteiger partial charge in [0.05, 0.1) is 0 Å². The van der Waals surface area contributed by atoms with Crippen LogP contribution in [0.2, 0.25) is 0 Å². The zero-order chi connectivity index (χ0) is 16.6. The Labute approximate surface area is 124 Å². The molecule has 120 valence electrons. The Kier molecular flexibility index (Phi) is 7.67. The van der Waals surface area contributed by atoms with Gasteiger partial charge in [-0.1, -0.05) is 13.8 Å². The topological polar surface area (TPSA) is 123 Å². The molecule has 9 heteroatoms. The van der Waals surface area contributed by atoms with Gasteiger partial charge in [-0.05, 0) is 18.6 Å². The summed E-state index contributed by atoms with van der Waals surface area (Å²) in [5, 5.41) is 11.9. The number of aromatic nitrogens is 1. The predicted molar refractivity (Wildman–Crippen MR) is 78.1 cm³/mol. The Hall–Kier alpha value is -1.87. The summed E-state index contributed by atoms with van der Waals surface area (Å²) in [6.07, 6.45) is 2.24. The number of rotatable bonds is 3. The lowest BCUT2D eigenvalue weighted by Gasteiger charge is -2.36. The molecule has 1 amide bonds. The highest BCUT2D eigenvalue weighted by Crippen LogP contribution is 2.29. The van der Waals surface area contributed by atoms with Gasteiger partial charge in [0.2, 0.25) is 6.41 Å². The highest BCUT2D eigenvalue weighted by Gasteiger charge is 2.29. The summed E-state index contributed by atoms with van der Waals surface area (Å²) in [6, 6.07) is 1.74. The molecule has 0 atom stereocenters. The smallest absolute Gasteiger partial charge is 0.302 e. The molecule has 1 saturated heterocycles. The van der Waals surface area contributed by atoms with Gasteiger partial charge in [-0.2, -0.15) is 8.42 Å². The van der Waals surface area contributed by atoms with E-state index in [1.165, 1.54) is 6.20 Å². The molecule has 1 aliphatic heterocycles. The van der Waals surface area contributed by atoms with Crippen molar-refractivity contribution >= 4 is 23.1 Å². The Morgan fingerprint density at radius 1 is 1.33 bits per heavy atom. The van der Waals surface area contributed by atoms with Crippen molar-refractivity contribution in [3.8, 4) is 0 Å². The van der Waals surface area contributed by atoms with Gasteiger partial charge in [-0.3, -0.25) is 9.59 Å². The minimum Gasteiger partial charge on any atom is -0.483 e. The lowest BCUT2D eigenvalue weighted by molar-refractivity contribution is -0.123. The van der Waals surface area contributed by atoms with Crippen molar-refractivity contribution in [2.75, 3.05) is 13.1 Å². The van der Waals surface area contributed by atoms with Crippen molar-refractivity contribution in [1.82, 2.24) is 8.87 Å². The summed E-state index contributed by atoms with van der Waals surface area (Å²) in [4.78, 5) is 20.4. The number of nitrogens with zero attached hydrogens (tertiary/aromatic N) is 2. The second-order valence-electron chi connectivity index (χ2n) is 4.06. The average Bonchev–Trinajstić information content (AvgIpc) is 2.74. The molecular weight excluding hydrogens is 298 g/mol. The van der Waals surface area contributed by atoms with Crippen LogP contribution >= 0.6 is 0 Å². The summed E-state index contributed by atoms with van der Waals surface area (Å²) < 4.78 is 23.4. The normalized spacial score (nSPS) is 14.0. The van der Waals surface area contributed by atoms with Crippen LogP contribution in [0.1, 0.15) is 31.0 Å². The third-order valence-corrected chi connectivity index (χ3v) is 3.85. The fourth-order valence-electron chi connectivity index (χ4n) is 2.01. The van der Waals surface area contributed by atoms with E-state index in [0.717, 1.165) is 15.9 Å². The first-order valence-corrected chi connectivity index (χ1v) is 7.83. The highest BCUT2D eigenvalue weighted by atomic mass is 32.2. The van der Waals surface area contributed by atoms with E-state index in [4.69, 9.17) is 15.0 Å². The van der Waals surface area contributed by atoms with Crippen LogP contribution in [0.25, 0.3) is 0 Å². The van der Waals surface area contributed by atoms with Gasteiger partial charge < -0.3 is 10.0 Å². The molecule has 0 radical (unpaired) electrons. The van der Waals surface area contributed by atoms with E-state index in [0.29, 0.717) is 18.8 Å². The first-order valence-electron chi connectivity index (χ1n) is 6.33. The molecule has 3 N–H and O–H groups in total. The van der Waals surface area contributed by atoms with Crippen molar-refractivity contribution in [2.45, 2.75) is 26.7 Å². The molecule has 2 heterocycles. The molecule has 1 aromatic heterocycles. The van der Waals surface area contributed by atoms with E-state index < -0.39 is 10.2 Å². The molecule has 1 fully saturated rings. The van der Waals surface area contributed by atoms with E-state index in [2.05, 4.69) is 0 Å². The summed E-state index contributed by atoms with van der Waals surface area (Å²) in [5.74, 6) is 0.216. The zero-order valence-corrected chi connectivity index (χ0v) is 13.1. The highest BCUT2D eigenvalue weighted by molar-refractivity contribution is 7.87. The zero-order valence-electron chi connectivity index (χ0n) is 12.3. The molecule has 0 aromatic carbocycles. The average molecular weight is 319 g/mol. The van der Waals surface area contributed by atoms with Crippen LogP contribution in [-0.2, 0) is 19.8 Å². The van der Waals surface area contributed by atoms with Crippen LogP contribution in [0.15, 0.2) is 12.3 Å². The summed E-state index contributed by atoms with van der Waals surface area (Å²) in [7, 11) is -3.72. The van der Waals surface area contributed by atoms with Gasteiger partial charge in [0.1, 0.15) is 0 Å². The van der Waals surface area contributed by atoms with Gasteiger partial charge in [0, 0.05) is 30.9 Å². The maximum Gasteiger partial charge on any atom is 0.302 e. The van der Waals surface area contributed by atoms with Crippen molar-refractivity contribution in [2.24, 2.45) is 5.14 Å². The number of carbonyl (C=O) groups is 2. The Bertz CT molecular complexity index is 561. The van der Waals surface area contributed by atoms with E-state index in [1.807, 2.05) is 13.8 Å². The maximum atomic E-state index is 11.2. The van der Waals surface area contributed by atoms with E-state index in [9.17, 15) is 13.2 Å². The lowest BCUT2D eigenvalue weighted by atomic mass is 9.92. The molecule has 1 aromatic rings. The minimum atomic E-state index is -3.72. The van der Waals surface area contributed by atoms with Crippen LogP contribution in [0.4, 0.5) is 0 Å². The SMILES string of the molecule is CC.Cc1c(C2CN(C=O)C2)ccn1S(N)(=O)=O.O=CO. The minimum absolute atomic E-state index is 0.216. The number of carbonyl (C=O) groups excluding carboxylic acids is 1. The van der Waals surface area contributed by atoms with Gasteiger partial charge >= 0.3 is 10.2 Å². The first-order chi connectivity index (χ1) is 9.85. The fourth-order valence-corrected chi connectivity index (χ4v) is 2.73. The molecule has 2 rings (SSSR count). The quantitative estimate of drug-likeness (QED) is 0.767. The van der Waals surface area contributed by atoms with Gasteiger partial charge in [-0.15, -0.1) is 0 Å². The van der Waals surface area contributed by atoms with Crippen molar-refractivity contribution in [3.63, 3.8) is 0 Å². The second kappa shape index (κ2) is 8.42. The van der Waals surface area contributed by atoms with E-state index in [1.54, 1.807) is 17.9 Å². The fraction of sp³-hybridized carbons (Fsp3) is 0.500. The Morgan fingerprint density at radius 2 is 1.81 bits per heavy atom. The summed E-state index contributed by atoms with van der Waals surface area (Å²) in [6.45, 7) is 6.74. The third-order valence-electron chi connectivity index (χ3n) is 2.91. The summed E-state index contributed by atoms with van der Waals surface area (Å²) in [5.41, 5.74) is 1.56. The number of hydrogen-bond donors (Lipinski definition) is 2. The second-order valence-corrected chi connectivity index (χ2v) is 5.48. The third kappa shape index (κ3) is 4.87. The number of hydrogen-bond acceptors (Lipinski definition) is 4. The van der Waals surface area contributed by atoms with Gasteiger partial charge in [-0.25, -0.2) is 9.11 Å². The van der Waals surface area contributed by atoms with Gasteiger partial charge in [0.25, 0.3) is 6.47 Å². The molecule has 1 aliphatic rings. The molecule has 0 aliphatic carbocycles. The van der Waals surface area contributed by atoms with Crippen molar-refractivity contribution in [3.05, 3.63) is 23.5 Å². The number of nitrogens with two attached hydrogens (primary N) is 1.